The molecule has 0 amide bonds. The molecule has 0 saturated carbocycles. The molecule has 1 aromatic heterocycles. The molecule has 0 spiro atoms. The molecule has 0 aliphatic carbocycles. The van der Waals surface area contributed by atoms with Crippen LogP contribution in [0.3, 0.4) is 0 Å². The number of aliphatic hydroxyl groups is 1. The number of para-hydroxylation sites is 1. The number of hydrogen-bond acceptors (Lipinski definition) is 3. The first-order chi connectivity index (χ1) is 9.27. The molecule has 94 valence electrons. The summed E-state index contributed by atoms with van der Waals surface area (Å²) in [7, 11) is 0. The van der Waals surface area contributed by atoms with Gasteiger partial charge in [-0.2, -0.15) is 0 Å². The van der Waals surface area contributed by atoms with Crippen molar-refractivity contribution in [2.45, 2.75) is 6.10 Å². The molecule has 1 unspecified atom stereocenters. The zero-order valence-corrected chi connectivity index (χ0v) is 10.7. The first kappa shape index (κ1) is 12.1. The average Bonchev–Trinajstić information content (AvgIpc) is 2.46. The second kappa shape index (κ2) is 4.96. The minimum absolute atomic E-state index is 0.538. The molecule has 3 aromatic rings. The van der Waals surface area contributed by atoms with Gasteiger partial charge in [0.05, 0.1) is 11.0 Å². The van der Waals surface area contributed by atoms with E-state index in [9.17, 15) is 5.11 Å². The highest BCUT2D eigenvalue weighted by Gasteiger charge is 2.16. The maximum absolute atomic E-state index is 10.5. The molecule has 2 aromatic carbocycles. The van der Waals surface area contributed by atoms with Gasteiger partial charge in [-0.3, -0.25) is 9.97 Å². The first-order valence-electron chi connectivity index (χ1n) is 5.89. The van der Waals surface area contributed by atoms with E-state index < -0.39 is 6.10 Å². The zero-order chi connectivity index (χ0) is 13.2. The summed E-state index contributed by atoms with van der Waals surface area (Å²) in [5.74, 6) is 0. The van der Waals surface area contributed by atoms with Crippen molar-refractivity contribution in [2.24, 2.45) is 0 Å². The lowest BCUT2D eigenvalue weighted by Crippen LogP contribution is -2.02. The van der Waals surface area contributed by atoms with Gasteiger partial charge in [-0.25, -0.2) is 0 Å². The van der Waals surface area contributed by atoms with Gasteiger partial charge in [0.25, 0.3) is 0 Å². The molecule has 0 aliphatic rings. The number of nitrogens with zero attached hydrogens (tertiary/aromatic N) is 2. The zero-order valence-electron chi connectivity index (χ0n) is 9.99. The Hall–Kier alpha value is -1.97. The fourth-order valence-corrected chi connectivity index (χ4v) is 2.34. The quantitative estimate of drug-likeness (QED) is 0.777. The predicted molar refractivity (Wildman–Crippen MR) is 75.1 cm³/mol. The standard InChI is InChI=1S/C15H11ClN2O/c16-12-6-2-1-4-10(12)15(19)11-5-3-7-13-14(11)18-9-8-17-13/h1-9,15,19H. The lowest BCUT2D eigenvalue weighted by Gasteiger charge is -2.14. The molecular formula is C15H11ClN2O. The summed E-state index contributed by atoms with van der Waals surface area (Å²) in [6.45, 7) is 0. The monoisotopic (exact) mass is 270 g/mol. The maximum atomic E-state index is 10.5. The van der Waals surface area contributed by atoms with E-state index >= 15 is 0 Å². The second-order valence-corrected chi connectivity index (χ2v) is 4.60. The van der Waals surface area contributed by atoms with E-state index in [0.29, 0.717) is 21.7 Å². The summed E-state index contributed by atoms with van der Waals surface area (Å²) in [5, 5.41) is 11.1. The van der Waals surface area contributed by atoms with E-state index in [1.54, 1.807) is 18.5 Å². The normalized spacial score (nSPS) is 12.5. The van der Waals surface area contributed by atoms with Crippen LogP contribution < -0.4 is 0 Å². The number of aliphatic hydroxyl groups excluding tert-OH is 1. The predicted octanol–water partition coefficient (Wildman–Crippen LogP) is 3.36. The van der Waals surface area contributed by atoms with E-state index in [0.717, 1.165) is 5.52 Å². The SMILES string of the molecule is OC(c1ccccc1Cl)c1cccc2nccnc12. The number of fused-ring (bicyclic) bond motifs is 1. The van der Waals surface area contributed by atoms with Gasteiger partial charge in [0.15, 0.2) is 0 Å². The topological polar surface area (TPSA) is 46.0 Å². The van der Waals surface area contributed by atoms with E-state index in [-0.39, 0.29) is 0 Å². The Kier molecular flexibility index (Phi) is 3.15. The number of aromatic nitrogens is 2. The van der Waals surface area contributed by atoms with Gasteiger partial charge in [0.2, 0.25) is 0 Å². The maximum Gasteiger partial charge on any atom is 0.108 e. The van der Waals surface area contributed by atoms with Gasteiger partial charge < -0.3 is 5.11 Å². The van der Waals surface area contributed by atoms with E-state index in [1.165, 1.54) is 0 Å². The van der Waals surface area contributed by atoms with Crippen molar-refractivity contribution in [3.8, 4) is 0 Å². The minimum atomic E-state index is -0.811. The number of benzene rings is 2. The number of rotatable bonds is 2. The lowest BCUT2D eigenvalue weighted by molar-refractivity contribution is 0.222. The van der Waals surface area contributed by atoms with Gasteiger partial charge in [0, 0.05) is 28.5 Å². The lowest BCUT2D eigenvalue weighted by atomic mass is 10.00. The van der Waals surface area contributed by atoms with Crippen LogP contribution in [0.4, 0.5) is 0 Å². The van der Waals surface area contributed by atoms with Crippen LogP contribution >= 0.6 is 11.6 Å². The van der Waals surface area contributed by atoms with Crippen molar-refractivity contribution >= 4 is 22.6 Å². The number of hydrogen-bond donors (Lipinski definition) is 1. The summed E-state index contributed by atoms with van der Waals surface area (Å²) in [4.78, 5) is 8.53. The fraction of sp³-hybridized carbons (Fsp3) is 0.0667. The third kappa shape index (κ3) is 2.18. The van der Waals surface area contributed by atoms with Gasteiger partial charge in [-0.15, -0.1) is 0 Å². The van der Waals surface area contributed by atoms with Crippen LogP contribution in [0.1, 0.15) is 17.2 Å². The Morgan fingerprint density at radius 2 is 1.63 bits per heavy atom. The Bertz CT molecular complexity index is 725. The van der Waals surface area contributed by atoms with Crippen molar-refractivity contribution in [1.82, 2.24) is 9.97 Å². The molecule has 19 heavy (non-hydrogen) atoms. The summed E-state index contributed by atoms with van der Waals surface area (Å²) >= 11 is 6.12. The third-order valence-electron chi connectivity index (χ3n) is 3.02. The van der Waals surface area contributed by atoms with Crippen LogP contribution in [-0.2, 0) is 0 Å². The van der Waals surface area contributed by atoms with Crippen LogP contribution in [0.2, 0.25) is 5.02 Å². The van der Waals surface area contributed by atoms with Crippen molar-refractivity contribution in [1.29, 1.82) is 0 Å². The van der Waals surface area contributed by atoms with Crippen molar-refractivity contribution < 1.29 is 5.11 Å². The molecular weight excluding hydrogens is 260 g/mol. The van der Waals surface area contributed by atoms with E-state index in [2.05, 4.69) is 9.97 Å². The molecule has 4 heteroatoms. The summed E-state index contributed by atoms with van der Waals surface area (Å²) in [6.07, 6.45) is 2.44. The second-order valence-electron chi connectivity index (χ2n) is 4.20. The molecule has 3 nitrogen and oxygen atoms in total. The molecule has 0 radical (unpaired) electrons. The first-order valence-corrected chi connectivity index (χ1v) is 6.27. The highest BCUT2D eigenvalue weighted by atomic mass is 35.5. The third-order valence-corrected chi connectivity index (χ3v) is 3.37. The van der Waals surface area contributed by atoms with Gasteiger partial charge >= 0.3 is 0 Å². The van der Waals surface area contributed by atoms with Crippen LogP contribution in [-0.4, -0.2) is 15.1 Å². The highest BCUT2D eigenvalue weighted by Crippen LogP contribution is 2.30. The van der Waals surface area contributed by atoms with Gasteiger partial charge in [-0.05, 0) is 12.1 Å². The van der Waals surface area contributed by atoms with Crippen LogP contribution in [0.25, 0.3) is 11.0 Å². The fourth-order valence-electron chi connectivity index (χ4n) is 2.10. The van der Waals surface area contributed by atoms with Crippen LogP contribution in [0.15, 0.2) is 54.9 Å². The van der Waals surface area contributed by atoms with Gasteiger partial charge in [0.1, 0.15) is 6.10 Å². The van der Waals surface area contributed by atoms with Crippen molar-refractivity contribution in [3.63, 3.8) is 0 Å². The van der Waals surface area contributed by atoms with E-state index in [1.807, 2.05) is 36.4 Å². The Labute approximate surface area is 115 Å². The van der Waals surface area contributed by atoms with Crippen molar-refractivity contribution in [2.75, 3.05) is 0 Å². The molecule has 3 rings (SSSR count). The highest BCUT2D eigenvalue weighted by molar-refractivity contribution is 6.31. The van der Waals surface area contributed by atoms with Gasteiger partial charge in [-0.1, -0.05) is 41.9 Å². The van der Waals surface area contributed by atoms with Crippen molar-refractivity contribution in [3.05, 3.63) is 71.0 Å². The smallest absolute Gasteiger partial charge is 0.108 e. The van der Waals surface area contributed by atoms with Crippen LogP contribution in [0, 0.1) is 0 Å². The molecule has 0 bridgehead atoms. The van der Waals surface area contributed by atoms with Crippen LogP contribution in [0.5, 0.6) is 0 Å². The molecule has 1 atom stereocenters. The minimum Gasteiger partial charge on any atom is -0.384 e. The average molecular weight is 271 g/mol. The molecule has 1 heterocycles. The summed E-state index contributed by atoms with van der Waals surface area (Å²) in [5.41, 5.74) is 2.82. The summed E-state index contributed by atoms with van der Waals surface area (Å²) in [6, 6.07) is 12.8. The Morgan fingerprint density at radius 3 is 2.47 bits per heavy atom. The summed E-state index contributed by atoms with van der Waals surface area (Å²) < 4.78 is 0. The number of halogens is 1. The van der Waals surface area contributed by atoms with E-state index in [4.69, 9.17) is 11.6 Å². The molecule has 0 saturated heterocycles. The molecule has 0 fully saturated rings. The Balaban J connectivity index is 2.17. The largest absolute Gasteiger partial charge is 0.384 e. The Morgan fingerprint density at radius 1 is 0.895 bits per heavy atom. The molecule has 1 N–H and O–H groups in total. The molecule has 0 aliphatic heterocycles.